The Morgan fingerprint density at radius 2 is 0.607 bits per heavy atom. The van der Waals surface area contributed by atoms with Gasteiger partial charge in [-0.15, -0.1) is 0 Å². The normalized spacial score (nSPS) is 15.1. The van der Waals surface area contributed by atoms with Crippen LogP contribution in [0.15, 0.2) is 334 Å². The van der Waals surface area contributed by atoms with Crippen LogP contribution in [0.4, 0.5) is 34.1 Å². The summed E-state index contributed by atoms with van der Waals surface area (Å²) in [6.45, 7) is 0. The average Bonchev–Trinajstić information content (AvgIpc) is 1.07. The van der Waals surface area contributed by atoms with Gasteiger partial charge in [-0.2, -0.15) is 0 Å². The van der Waals surface area contributed by atoms with Crippen molar-refractivity contribution >= 4 is 94.5 Å². The quantitative estimate of drug-likeness (QED) is 0.114. The first-order valence-electron chi connectivity index (χ1n) is 28.9. The number of benzene rings is 12. The predicted octanol–water partition coefficient (Wildman–Crippen LogP) is 20.8. The van der Waals surface area contributed by atoms with E-state index in [-0.39, 0.29) is 5.92 Å². The summed E-state index contributed by atoms with van der Waals surface area (Å²) in [5.41, 5.74) is 20.0. The standard InChI is InChI=1S/C80H56N4/c1-7-27-57(28-8-1)71-55-70(56-47-51-64(52-48-56)83(62-35-15-5-16-36-62)78-66-39-19-23-43-72(66)81-73-44-24-20-40-67(73)78)76(58-29-9-2-10-30-58)77(59-31-11-3-12-32-59)80(71,60-33-13-4-14-34-60)61-49-53-65(54-50-61)84(63-37-17-6-18-38-63)79-68-41-21-25-45-74(68)82-75-46-26-22-42-69(75)79/h1-55,71H. The van der Waals surface area contributed by atoms with Gasteiger partial charge in [0.15, 0.2) is 0 Å². The van der Waals surface area contributed by atoms with Crippen molar-refractivity contribution in [3.63, 3.8) is 0 Å². The molecule has 0 amide bonds. The van der Waals surface area contributed by atoms with Gasteiger partial charge in [0, 0.05) is 50.2 Å². The number of pyridine rings is 2. The van der Waals surface area contributed by atoms with Gasteiger partial charge in [-0.3, -0.25) is 0 Å². The Morgan fingerprint density at radius 1 is 0.274 bits per heavy atom. The molecule has 0 radical (unpaired) electrons. The molecule has 0 saturated heterocycles. The van der Waals surface area contributed by atoms with Crippen LogP contribution >= 0.6 is 0 Å². The second-order valence-corrected chi connectivity index (χ2v) is 21.5. The number of allylic oxidation sites excluding steroid dienone is 4. The summed E-state index contributed by atoms with van der Waals surface area (Å²) < 4.78 is 0. The van der Waals surface area contributed by atoms with Crippen LogP contribution in [-0.2, 0) is 5.41 Å². The summed E-state index contributed by atoms with van der Waals surface area (Å²) >= 11 is 0. The van der Waals surface area contributed by atoms with Crippen LogP contribution in [0.5, 0.6) is 0 Å². The van der Waals surface area contributed by atoms with Gasteiger partial charge in [0.1, 0.15) is 0 Å². The predicted molar refractivity (Wildman–Crippen MR) is 352 cm³/mol. The summed E-state index contributed by atoms with van der Waals surface area (Å²) in [5, 5.41) is 4.34. The number of para-hydroxylation sites is 6. The number of hydrogen-bond acceptors (Lipinski definition) is 4. The van der Waals surface area contributed by atoms with Crippen molar-refractivity contribution in [3.05, 3.63) is 367 Å². The summed E-state index contributed by atoms with van der Waals surface area (Å²) in [6, 6.07) is 119. The zero-order chi connectivity index (χ0) is 55.8. The number of fused-ring (bicyclic) bond motifs is 4. The van der Waals surface area contributed by atoms with Crippen molar-refractivity contribution in [3.8, 4) is 0 Å². The fourth-order valence-corrected chi connectivity index (χ4v) is 13.3. The molecule has 0 bridgehead atoms. The molecule has 14 aromatic rings. The molecule has 0 spiro atoms. The van der Waals surface area contributed by atoms with Crippen LogP contribution in [-0.4, -0.2) is 9.97 Å². The van der Waals surface area contributed by atoms with Gasteiger partial charge < -0.3 is 9.80 Å². The second kappa shape index (κ2) is 21.5. The van der Waals surface area contributed by atoms with E-state index < -0.39 is 5.41 Å². The second-order valence-electron chi connectivity index (χ2n) is 21.5. The van der Waals surface area contributed by atoms with Crippen LogP contribution < -0.4 is 9.80 Å². The Morgan fingerprint density at radius 3 is 1.05 bits per heavy atom. The Balaban J connectivity index is 0.984. The lowest BCUT2D eigenvalue weighted by Gasteiger charge is -2.48. The molecule has 2 heterocycles. The smallest absolute Gasteiger partial charge is 0.0730 e. The first kappa shape index (κ1) is 50.1. The molecule has 0 fully saturated rings. The summed E-state index contributed by atoms with van der Waals surface area (Å²) in [4.78, 5) is 15.2. The highest BCUT2D eigenvalue weighted by Gasteiger charge is 2.50. The molecule has 2 unspecified atom stereocenters. The van der Waals surface area contributed by atoms with Gasteiger partial charge >= 0.3 is 0 Å². The van der Waals surface area contributed by atoms with Crippen LogP contribution in [0.25, 0.3) is 60.3 Å². The van der Waals surface area contributed by atoms with E-state index in [4.69, 9.17) is 9.97 Å². The number of anilines is 6. The van der Waals surface area contributed by atoms with E-state index >= 15 is 0 Å². The molecular weight excluding hydrogens is 1020 g/mol. The minimum atomic E-state index is -0.779. The van der Waals surface area contributed by atoms with Gasteiger partial charge in [0.05, 0.1) is 38.9 Å². The molecule has 84 heavy (non-hydrogen) atoms. The molecule has 12 aromatic carbocycles. The maximum absolute atomic E-state index is 5.18. The lowest BCUT2D eigenvalue weighted by molar-refractivity contribution is 0.587. The number of aromatic nitrogens is 2. The van der Waals surface area contributed by atoms with Gasteiger partial charge in [-0.05, 0) is 123 Å². The minimum absolute atomic E-state index is 0.196. The first-order valence-corrected chi connectivity index (χ1v) is 28.9. The van der Waals surface area contributed by atoms with E-state index in [9.17, 15) is 0 Å². The SMILES string of the molecule is C1=C(c2ccc(N(c3ccccc3)c3c4ccccc4nc4ccccc34)cc2)C(c2ccccc2)=C(c2ccccc2)C(c2ccccc2)(c2ccc(N(c3ccccc3)c3c4ccccc4nc4ccccc34)cc2)C1c1ccccc1. The molecule has 1 aliphatic carbocycles. The Labute approximate surface area is 489 Å². The van der Waals surface area contributed by atoms with Crippen LogP contribution in [0.3, 0.4) is 0 Å². The van der Waals surface area contributed by atoms with Crippen LogP contribution in [0, 0.1) is 0 Å². The zero-order valence-electron chi connectivity index (χ0n) is 46.1. The molecule has 2 atom stereocenters. The van der Waals surface area contributed by atoms with Crippen LogP contribution in [0.1, 0.15) is 39.3 Å². The van der Waals surface area contributed by atoms with E-state index in [1.807, 2.05) is 0 Å². The highest BCUT2D eigenvalue weighted by Crippen LogP contribution is 2.62. The van der Waals surface area contributed by atoms with Crippen molar-refractivity contribution < 1.29 is 0 Å². The Kier molecular flexibility index (Phi) is 12.8. The molecule has 4 nitrogen and oxygen atoms in total. The third-order valence-electron chi connectivity index (χ3n) is 16.8. The minimum Gasteiger partial charge on any atom is -0.309 e. The summed E-state index contributed by atoms with van der Waals surface area (Å²) in [6.07, 6.45) is 2.59. The highest BCUT2D eigenvalue weighted by molar-refractivity contribution is 6.20. The molecule has 0 saturated carbocycles. The molecule has 1 aliphatic rings. The van der Waals surface area contributed by atoms with Crippen molar-refractivity contribution in [1.29, 1.82) is 0 Å². The topological polar surface area (TPSA) is 32.3 Å². The fourth-order valence-electron chi connectivity index (χ4n) is 13.3. The average molecular weight is 1070 g/mol. The summed E-state index contributed by atoms with van der Waals surface area (Å²) in [5.74, 6) is -0.196. The van der Waals surface area contributed by atoms with Gasteiger partial charge in [0.2, 0.25) is 0 Å². The number of nitrogens with zero attached hydrogens (tertiary/aromatic N) is 4. The number of rotatable bonds is 12. The third kappa shape index (κ3) is 8.63. The molecule has 2 aromatic heterocycles. The maximum Gasteiger partial charge on any atom is 0.0730 e. The van der Waals surface area contributed by atoms with Crippen molar-refractivity contribution in [1.82, 2.24) is 9.97 Å². The Bertz CT molecular complexity index is 4630. The van der Waals surface area contributed by atoms with E-state index in [0.29, 0.717) is 0 Å². The molecule has 15 rings (SSSR count). The lowest BCUT2D eigenvalue weighted by atomic mass is 9.54. The largest absolute Gasteiger partial charge is 0.309 e. The van der Waals surface area contributed by atoms with Crippen molar-refractivity contribution in [2.24, 2.45) is 0 Å². The van der Waals surface area contributed by atoms with Crippen molar-refractivity contribution in [2.45, 2.75) is 11.3 Å². The maximum atomic E-state index is 5.18. The van der Waals surface area contributed by atoms with Gasteiger partial charge in [-0.25, -0.2) is 9.97 Å². The highest BCUT2D eigenvalue weighted by atomic mass is 15.2. The first-order chi connectivity index (χ1) is 41.7. The van der Waals surface area contributed by atoms with E-state index in [1.54, 1.807) is 0 Å². The van der Waals surface area contributed by atoms with E-state index in [0.717, 1.165) is 94.4 Å². The van der Waals surface area contributed by atoms with Crippen molar-refractivity contribution in [2.75, 3.05) is 9.80 Å². The number of hydrogen-bond donors (Lipinski definition) is 0. The molecular formula is C80H56N4. The summed E-state index contributed by atoms with van der Waals surface area (Å²) in [7, 11) is 0. The Hall–Kier alpha value is -10.9. The molecule has 4 heteroatoms. The van der Waals surface area contributed by atoms with E-state index in [1.165, 1.54) is 33.4 Å². The molecule has 396 valence electrons. The monoisotopic (exact) mass is 1070 g/mol. The van der Waals surface area contributed by atoms with E-state index in [2.05, 4.69) is 343 Å². The zero-order valence-corrected chi connectivity index (χ0v) is 46.1. The lowest BCUT2D eigenvalue weighted by Crippen LogP contribution is -2.39. The van der Waals surface area contributed by atoms with Gasteiger partial charge in [-0.1, -0.05) is 261 Å². The third-order valence-corrected chi connectivity index (χ3v) is 16.8. The molecule has 0 N–H and O–H groups in total. The van der Waals surface area contributed by atoms with Crippen LogP contribution in [0.2, 0.25) is 0 Å². The van der Waals surface area contributed by atoms with Gasteiger partial charge in [0.25, 0.3) is 0 Å². The molecule has 0 aliphatic heterocycles. The fraction of sp³-hybridized carbons (Fsp3) is 0.0250.